The molecule has 9 nitrogen and oxygen atoms in total. The summed E-state index contributed by atoms with van der Waals surface area (Å²) in [6.07, 6.45) is -4.02. The molecule has 84 valence electrons. The summed E-state index contributed by atoms with van der Waals surface area (Å²) < 4.78 is 13.5. The highest BCUT2D eigenvalue weighted by atomic mass is 31.2. The van der Waals surface area contributed by atoms with E-state index in [0.717, 1.165) is 5.48 Å². The number of carbonyl (C=O) groups is 1. The average Bonchev–Trinajstić information content (AvgIpc) is 2.10. The minimum atomic E-state index is -5.26. The van der Waals surface area contributed by atoms with Crippen molar-refractivity contribution >= 4 is 13.7 Å². The minimum absolute atomic E-state index is 1.01. The number of hydrogen-bond acceptors (Lipinski definition) is 8. The van der Waals surface area contributed by atoms with Gasteiger partial charge in [-0.15, -0.1) is 0 Å². The zero-order chi connectivity index (χ0) is 11.4. The molecule has 0 aliphatic carbocycles. The lowest BCUT2D eigenvalue weighted by atomic mass is 10.2. The molecular formula is C4H8NO8P-2. The minimum Gasteiger partial charge on any atom is -0.790 e. The molecule has 0 heterocycles. The largest absolute Gasteiger partial charge is 0.790 e. The lowest BCUT2D eigenvalue weighted by Gasteiger charge is -2.30. The molecule has 0 unspecified atom stereocenters. The van der Waals surface area contributed by atoms with E-state index in [1.165, 1.54) is 0 Å². The second-order valence-corrected chi connectivity index (χ2v) is 3.38. The van der Waals surface area contributed by atoms with Crippen molar-refractivity contribution in [3.63, 3.8) is 0 Å². The van der Waals surface area contributed by atoms with Crippen LogP contribution in [0.5, 0.6) is 0 Å². The van der Waals surface area contributed by atoms with E-state index < -0.39 is 32.5 Å². The summed E-state index contributed by atoms with van der Waals surface area (Å²) in [7, 11) is -5.26. The van der Waals surface area contributed by atoms with Crippen molar-refractivity contribution in [1.82, 2.24) is 5.48 Å². The molecule has 0 aromatic carbocycles. The molecule has 1 amide bonds. The standard InChI is InChI=1S/C4H10NO8P/c6-2(1-13-14(10,11)12)3(7)4(8)5-9/h2-3,6-7,9H,1H2,(H,5,8)(H2,10,11,12)/p-2/t2-,3-/m1/s1. The van der Waals surface area contributed by atoms with Crippen molar-refractivity contribution < 1.29 is 39.1 Å². The third-order valence-electron chi connectivity index (χ3n) is 1.15. The van der Waals surface area contributed by atoms with Gasteiger partial charge in [0.2, 0.25) is 0 Å². The van der Waals surface area contributed by atoms with Gasteiger partial charge in [0.1, 0.15) is 6.10 Å². The van der Waals surface area contributed by atoms with E-state index in [1.54, 1.807) is 0 Å². The number of rotatable bonds is 5. The smallest absolute Gasteiger partial charge is 0.274 e. The molecule has 0 aliphatic heterocycles. The summed E-state index contributed by atoms with van der Waals surface area (Å²) in [5, 5.41) is 25.6. The van der Waals surface area contributed by atoms with Gasteiger partial charge in [-0.05, 0) is 0 Å². The molecule has 0 aromatic rings. The lowest BCUT2D eigenvalue weighted by molar-refractivity contribution is -0.343. The first-order chi connectivity index (χ1) is 6.28. The maximum Gasteiger partial charge on any atom is 0.274 e. The van der Waals surface area contributed by atoms with Gasteiger partial charge in [0.25, 0.3) is 5.91 Å². The van der Waals surface area contributed by atoms with Crippen LogP contribution in [-0.4, -0.2) is 40.1 Å². The SMILES string of the molecule is O=C(NO)[C@H](O)[C@H](O)COP(=O)([O-])[O-]. The summed E-state index contributed by atoms with van der Waals surface area (Å²) in [4.78, 5) is 30.2. The van der Waals surface area contributed by atoms with E-state index in [-0.39, 0.29) is 0 Å². The summed E-state index contributed by atoms with van der Waals surface area (Å²) >= 11 is 0. The summed E-state index contributed by atoms with van der Waals surface area (Å²) in [5.74, 6) is -1.35. The Labute approximate surface area is 78.1 Å². The maximum atomic E-state index is 10.4. The Morgan fingerprint density at radius 2 is 2.00 bits per heavy atom. The van der Waals surface area contributed by atoms with E-state index >= 15 is 0 Å². The molecule has 0 saturated carbocycles. The molecule has 10 heteroatoms. The number of aliphatic hydroxyl groups excluding tert-OH is 2. The number of hydroxylamine groups is 1. The Balaban J connectivity index is 4.02. The van der Waals surface area contributed by atoms with Gasteiger partial charge in [0.05, 0.1) is 14.4 Å². The predicted octanol–water partition coefficient (Wildman–Crippen LogP) is -3.94. The maximum absolute atomic E-state index is 10.4. The summed E-state index contributed by atoms with van der Waals surface area (Å²) in [6.45, 7) is -1.07. The average molecular weight is 229 g/mol. The van der Waals surface area contributed by atoms with Crippen LogP contribution >= 0.6 is 7.82 Å². The molecule has 0 aromatic heterocycles. The quantitative estimate of drug-likeness (QED) is 0.211. The Morgan fingerprint density at radius 1 is 1.50 bits per heavy atom. The van der Waals surface area contributed by atoms with Gasteiger partial charge < -0.3 is 29.1 Å². The number of nitrogens with one attached hydrogen (secondary N) is 1. The molecule has 0 fully saturated rings. The number of phosphoric ester groups is 1. The Kier molecular flexibility index (Phi) is 5.16. The van der Waals surface area contributed by atoms with Gasteiger partial charge in [0, 0.05) is 0 Å². The van der Waals surface area contributed by atoms with E-state index in [9.17, 15) is 19.1 Å². The normalized spacial score (nSPS) is 16.1. The molecule has 14 heavy (non-hydrogen) atoms. The molecule has 4 N–H and O–H groups in total. The highest BCUT2D eigenvalue weighted by molar-refractivity contribution is 7.43. The van der Waals surface area contributed by atoms with Crippen molar-refractivity contribution in [3.05, 3.63) is 0 Å². The van der Waals surface area contributed by atoms with E-state index in [4.69, 9.17) is 15.4 Å². The first-order valence-electron chi connectivity index (χ1n) is 3.24. The van der Waals surface area contributed by atoms with Crippen LogP contribution in [0.2, 0.25) is 0 Å². The van der Waals surface area contributed by atoms with Gasteiger partial charge in [-0.1, -0.05) is 0 Å². The lowest BCUT2D eigenvalue weighted by Crippen LogP contribution is -2.43. The van der Waals surface area contributed by atoms with E-state index in [1.807, 2.05) is 0 Å². The van der Waals surface area contributed by atoms with Crippen molar-refractivity contribution in [2.45, 2.75) is 12.2 Å². The first-order valence-corrected chi connectivity index (χ1v) is 4.70. The topological polar surface area (TPSA) is 162 Å². The fourth-order valence-electron chi connectivity index (χ4n) is 0.500. The monoisotopic (exact) mass is 229 g/mol. The fraction of sp³-hybridized carbons (Fsp3) is 0.750. The van der Waals surface area contributed by atoms with Crippen LogP contribution in [0, 0.1) is 0 Å². The Morgan fingerprint density at radius 3 is 2.36 bits per heavy atom. The molecule has 0 spiro atoms. The third kappa shape index (κ3) is 5.25. The second kappa shape index (κ2) is 5.37. The van der Waals surface area contributed by atoms with Gasteiger partial charge in [0.15, 0.2) is 6.10 Å². The molecule has 0 aliphatic rings. The number of amides is 1. The Bertz CT molecular complexity index is 237. The van der Waals surface area contributed by atoms with Crippen molar-refractivity contribution in [3.8, 4) is 0 Å². The molecule has 0 rings (SSSR count). The van der Waals surface area contributed by atoms with Crippen molar-refractivity contribution in [1.29, 1.82) is 0 Å². The zero-order valence-corrected chi connectivity index (χ0v) is 7.59. The third-order valence-corrected chi connectivity index (χ3v) is 1.61. The Hall–Kier alpha value is -0.540. The summed E-state index contributed by atoms with van der Waals surface area (Å²) in [5.41, 5.74) is 1.01. The van der Waals surface area contributed by atoms with Crippen LogP contribution in [0.1, 0.15) is 0 Å². The number of aliphatic hydroxyl groups is 2. The fourth-order valence-corrected chi connectivity index (χ4v) is 0.835. The molecule has 0 bridgehead atoms. The highest BCUT2D eigenvalue weighted by Gasteiger charge is 2.24. The van der Waals surface area contributed by atoms with Crippen LogP contribution in [0.25, 0.3) is 0 Å². The van der Waals surface area contributed by atoms with Crippen molar-refractivity contribution in [2.75, 3.05) is 6.61 Å². The highest BCUT2D eigenvalue weighted by Crippen LogP contribution is 2.24. The van der Waals surface area contributed by atoms with Gasteiger partial charge in [-0.3, -0.25) is 10.0 Å². The van der Waals surface area contributed by atoms with Gasteiger partial charge in [-0.2, -0.15) is 0 Å². The van der Waals surface area contributed by atoms with Crippen LogP contribution in [-0.2, 0) is 13.9 Å². The van der Waals surface area contributed by atoms with E-state index in [0.29, 0.717) is 0 Å². The molecular weight excluding hydrogens is 221 g/mol. The number of hydrogen-bond donors (Lipinski definition) is 4. The van der Waals surface area contributed by atoms with Crippen LogP contribution < -0.4 is 15.3 Å². The van der Waals surface area contributed by atoms with Crippen molar-refractivity contribution in [2.24, 2.45) is 0 Å². The first kappa shape index (κ1) is 13.5. The van der Waals surface area contributed by atoms with E-state index in [2.05, 4.69) is 4.52 Å². The second-order valence-electron chi connectivity index (χ2n) is 2.23. The molecule has 0 radical (unpaired) electrons. The van der Waals surface area contributed by atoms with Crippen LogP contribution in [0.4, 0.5) is 0 Å². The van der Waals surface area contributed by atoms with Crippen LogP contribution in [0.3, 0.4) is 0 Å². The molecule has 2 atom stereocenters. The zero-order valence-electron chi connectivity index (χ0n) is 6.69. The van der Waals surface area contributed by atoms with Crippen LogP contribution in [0.15, 0.2) is 0 Å². The number of phosphoric acid groups is 1. The summed E-state index contributed by atoms with van der Waals surface area (Å²) in [6, 6.07) is 0. The van der Waals surface area contributed by atoms with Gasteiger partial charge in [-0.25, -0.2) is 5.48 Å². The molecule has 0 saturated heterocycles. The number of carbonyl (C=O) groups excluding carboxylic acids is 1. The van der Waals surface area contributed by atoms with Gasteiger partial charge >= 0.3 is 0 Å². The predicted molar refractivity (Wildman–Crippen MR) is 35.5 cm³/mol.